The van der Waals surface area contributed by atoms with Crippen molar-refractivity contribution in [2.45, 2.75) is 37.5 Å². The standard InChI is InChI=1S/C18H16F3NO3/c19-18(20,21)25-9-3-1-2-8(6-9)22-16(23)14-10-4-5-11(13-7-12(10)13)15(14)17(22)24/h1-3,6,10-13,23-24H,4-5,7H2/t10-,11+,12+,13-. The van der Waals surface area contributed by atoms with E-state index >= 15 is 0 Å². The summed E-state index contributed by atoms with van der Waals surface area (Å²) in [6.45, 7) is 0. The van der Waals surface area contributed by atoms with Gasteiger partial charge in [0.2, 0.25) is 11.8 Å². The normalized spacial score (nSPS) is 29.2. The summed E-state index contributed by atoms with van der Waals surface area (Å²) in [4.78, 5) is 0. The fourth-order valence-corrected chi connectivity index (χ4v) is 5.04. The molecule has 4 aliphatic carbocycles. The highest BCUT2D eigenvalue weighted by atomic mass is 19.4. The molecule has 0 aliphatic heterocycles. The first-order chi connectivity index (χ1) is 11.8. The van der Waals surface area contributed by atoms with Gasteiger partial charge in [0.1, 0.15) is 5.75 Å². The first-order valence-corrected chi connectivity index (χ1v) is 8.37. The van der Waals surface area contributed by atoms with Crippen LogP contribution in [-0.2, 0) is 0 Å². The molecule has 2 bridgehead atoms. The molecular formula is C18H16F3NO3. The van der Waals surface area contributed by atoms with Gasteiger partial charge in [-0.05, 0) is 55.1 Å². The van der Waals surface area contributed by atoms with E-state index in [1.54, 1.807) is 0 Å². The van der Waals surface area contributed by atoms with Crippen LogP contribution in [0, 0.1) is 11.8 Å². The van der Waals surface area contributed by atoms with E-state index in [1.807, 2.05) is 0 Å². The van der Waals surface area contributed by atoms with Gasteiger partial charge in [-0.2, -0.15) is 0 Å². The van der Waals surface area contributed by atoms with E-state index in [1.165, 1.54) is 28.8 Å². The van der Waals surface area contributed by atoms with Gasteiger partial charge in [-0.15, -0.1) is 13.2 Å². The number of hydrogen-bond acceptors (Lipinski definition) is 3. The smallest absolute Gasteiger partial charge is 0.494 e. The summed E-state index contributed by atoms with van der Waals surface area (Å²) in [5, 5.41) is 21.5. The number of aromatic hydroxyl groups is 2. The molecular weight excluding hydrogens is 335 g/mol. The van der Waals surface area contributed by atoms with E-state index in [9.17, 15) is 23.4 Å². The SMILES string of the molecule is Oc1c2c(c(O)n1-c1cccc(OC(F)(F)F)c1)[C@@H]1CC[C@H]2[C@H]2C[C@H]21. The molecule has 4 aliphatic rings. The minimum atomic E-state index is -4.79. The second kappa shape index (κ2) is 4.65. The zero-order valence-electron chi connectivity index (χ0n) is 13.1. The Morgan fingerprint density at radius 3 is 2.16 bits per heavy atom. The van der Waals surface area contributed by atoms with E-state index < -0.39 is 6.36 Å². The van der Waals surface area contributed by atoms with Gasteiger partial charge >= 0.3 is 6.36 Å². The predicted molar refractivity (Wildman–Crippen MR) is 82.1 cm³/mol. The molecule has 1 aromatic heterocycles. The molecule has 4 nitrogen and oxygen atoms in total. The highest BCUT2D eigenvalue weighted by Gasteiger charge is 2.58. The Balaban J connectivity index is 1.62. The highest BCUT2D eigenvalue weighted by molar-refractivity contribution is 5.60. The van der Waals surface area contributed by atoms with E-state index in [4.69, 9.17) is 0 Å². The van der Waals surface area contributed by atoms with Crippen LogP contribution in [0.4, 0.5) is 13.2 Å². The van der Waals surface area contributed by atoms with Crippen molar-refractivity contribution in [3.63, 3.8) is 0 Å². The molecule has 0 saturated heterocycles. The first-order valence-electron chi connectivity index (χ1n) is 8.37. The van der Waals surface area contributed by atoms with E-state index in [2.05, 4.69) is 4.74 Å². The molecule has 0 radical (unpaired) electrons. The van der Waals surface area contributed by atoms with Gasteiger partial charge in [-0.3, -0.25) is 4.57 Å². The molecule has 7 heteroatoms. The Morgan fingerprint density at radius 1 is 1.00 bits per heavy atom. The third-order valence-electron chi connectivity index (χ3n) is 5.96. The molecule has 6 rings (SSSR count). The van der Waals surface area contributed by atoms with Crippen molar-refractivity contribution in [3.8, 4) is 23.2 Å². The maximum Gasteiger partial charge on any atom is 0.573 e. The fraction of sp³-hybridized carbons (Fsp3) is 0.444. The lowest BCUT2D eigenvalue weighted by molar-refractivity contribution is -0.274. The zero-order chi connectivity index (χ0) is 17.5. The van der Waals surface area contributed by atoms with Crippen LogP contribution in [-0.4, -0.2) is 21.1 Å². The van der Waals surface area contributed by atoms with Crippen LogP contribution in [0.15, 0.2) is 24.3 Å². The summed E-state index contributed by atoms with van der Waals surface area (Å²) in [6, 6.07) is 5.30. The largest absolute Gasteiger partial charge is 0.573 e. The summed E-state index contributed by atoms with van der Waals surface area (Å²) in [6.07, 6.45) is -1.67. The number of aromatic nitrogens is 1. The van der Waals surface area contributed by atoms with Gasteiger partial charge in [0.05, 0.1) is 5.69 Å². The van der Waals surface area contributed by atoms with Gasteiger partial charge in [0, 0.05) is 17.2 Å². The maximum atomic E-state index is 12.5. The van der Waals surface area contributed by atoms with Crippen molar-refractivity contribution in [2.75, 3.05) is 0 Å². The molecule has 1 heterocycles. The molecule has 2 fully saturated rings. The lowest BCUT2D eigenvalue weighted by atomic mass is 9.68. The lowest BCUT2D eigenvalue weighted by Crippen LogP contribution is -2.22. The summed E-state index contributed by atoms with van der Waals surface area (Å²) in [5.41, 5.74) is 1.82. The van der Waals surface area contributed by atoms with Gasteiger partial charge in [-0.1, -0.05) is 6.07 Å². The molecule has 2 N–H and O–H groups in total. The molecule has 25 heavy (non-hydrogen) atoms. The van der Waals surface area contributed by atoms with Crippen molar-refractivity contribution in [1.82, 2.24) is 4.57 Å². The van der Waals surface area contributed by atoms with Crippen LogP contribution < -0.4 is 4.74 Å². The van der Waals surface area contributed by atoms with Gasteiger partial charge in [0.25, 0.3) is 0 Å². The summed E-state index contributed by atoms with van der Waals surface area (Å²) < 4.78 is 42.5. The molecule has 2 saturated carbocycles. The van der Waals surface area contributed by atoms with Crippen molar-refractivity contribution in [1.29, 1.82) is 0 Å². The first kappa shape index (κ1) is 15.0. The van der Waals surface area contributed by atoms with Gasteiger partial charge < -0.3 is 14.9 Å². The van der Waals surface area contributed by atoms with E-state index in [0.717, 1.165) is 30.4 Å². The Labute approximate surface area is 141 Å². The van der Waals surface area contributed by atoms with Crippen LogP contribution in [0.25, 0.3) is 5.69 Å². The van der Waals surface area contributed by atoms with E-state index in [0.29, 0.717) is 11.8 Å². The molecule has 0 unspecified atom stereocenters. The number of fused-ring (bicyclic) bond motifs is 1. The number of alkyl halides is 3. The van der Waals surface area contributed by atoms with Crippen molar-refractivity contribution >= 4 is 0 Å². The van der Waals surface area contributed by atoms with Crippen LogP contribution in [0.5, 0.6) is 17.5 Å². The average molecular weight is 351 g/mol. The van der Waals surface area contributed by atoms with E-state index in [-0.39, 0.29) is 35.0 Å². The molecule has 132 valence electrons. The predicted octanol–water partition coefficient (Wildman–Crippen LogP) is 4.40. The molecule has 1 aromatic carbocycles. The fourth-order valence-electron chi connectivity index (χ4n) is 5.04. The minimum Gasteiger partial charge on any atom is -0.494 e. The van der Waals surface area contributed by atoms with Crippen LogP contribution in [0.2, 0.25) is 0 Å². The monoisotopic (exact) mass is 351 g/mol. The Morgan fingerprint density at radius 2 is 1.60 bits per heavy atom. The number of hydrogen-bond donors (Lipinski definition) is 2. The van der Waals surface area contributed by atoms with Crippen LogP contribution in [0.1, 0.15) is 42.2 Å². The van der Waals surface area contributed by atoms with Crippen molar-refractivity contribution < 1.29 is 28.1 Å². The number of rotatable bonds is 2. The van der Waals surface area contributed by atoms with Crippen LogP contribution in [0.3, 0.4) is 0 Å². The van der Waals surface area contributed by atoms with Crippen molar-refractivity contribution in [2.24, 2.45) is 11.8 Å². The topological polar surface area (TPSA) is 54.6 Å². The third kappa shape index (κ3) is 2.07. The Kier molecular flexibility index (Phi) is 2.79. The average Bonchev–Trinajstić information content (AvgIpc) is 3.30. The minimum absolute atomic E-state index is 0.0586. The highest BCUT2D eigenvalue weighted by Crippen LogP contribution is 2.70. The molecule has 0 amide bonds. The molecule has 0 spiro atoms. The number of ether oxygens (including phenoxy) is 1. The lowest BCUT2D eigenvalue weighted by Gasteiger charge is -2.35. The Bertz CT molecular complexity index is 834. The van der Waals surface area contributed by atoms with Crippen molar-refractivity contribution in [3.05, 3.63) is 35.4 Å². The molecule has 2 aromatic rings. The summed E-state index contributed by atoms with van der Waals surface area (Å²) >= 11 is 0. The maximum absolute atomic E-state index is 12.5. The molecule has 4 atom stereocenters. The number of halogens is 3. The number of nitrogens with zero attached hydrogens (tertiary/aromatic N) is 1. The zero-order valence-corrected chi connectivity index (χ0v) is 13.1. The van der Waals surface area contributed by atoms with Gasteiger partial charge in [0.15, 0.2) is 0 Å². The third-order valence-corrected chi connectivity index (χ3v) is 5.96. The number of benzene rings is 1. The summed E-state index contributed by atoms with van der Waals surface area (Å²) in [7, 11) is 0. The second-order valence-corrected chi connectivity index (χ2v) is 7.21. The van der Waals surface area contributed by atoms with Gasteiger partial charge in [-0.25, -0.2) is 0 Å². The summed E-state index contributed by atoms with van der Waals surface area (Å²) in [5.74, 6) is 1.13. The second-order valence-electron chi connectivity index (χ2n) is 7.21. The van der Waals surface area contributed by atoms with Crippen LogP contribution >= 0.6 is 0 Å². The Hall–Kier alpha value is -2.31. The quantitative estimate of drug-likeness (QED) is 0.843.